The van der Waals surface area contributed by atoms with Gasteiger partial charge in [0.1, 0.15) is 16.9 Å². The topological polar surface area (TPSA) is 52.1 Å². The fourth-order valence-electron chi connectivity index (χ4n) is 3.91. The van der Waals surface area contributed by atoms with Crippen molar-refractivity contribution in [3.05, 3.63) is 84.2 Å². The summed E-state index contributed by atoms with van der Waals surface area (Å²) in [4.78, 5) is 9.23. The highest BCUT2D eigenvalue weighted by molar-refractivity contribution is 6.08. The molecule has 0 N–H and O–H groups in total. The highest BCUT2D eigenvalue weighted by Crippen LogP contribution is 2.36. The lowest BCUT2D eigenvalue weighted by molar-refractivity contribution is 0.631. The molecule has 30 heavy (non-hydrogen) atoms. The second kappa shape index (κ2) is 6.29. The van der Waals surface area contributed by atoms with Gasteiger partial charge in [0.25, 0.3) is 0 Å². The summed E-state index contributed by atoms with van der Waals surface area (Å²) in [6.45, 7) is 4.04. The van der Waals surface area contributed by atoms with Crippen molar-refractivity contribution in [1.29, 1.82) is 0 Å². The summed E-state index contributed by atoms with van der Waals surface area (Å²) in [5.74, 6) is 0.838. The van der Waals surface area contributed by atoms with Gasteiger partial charge in [-0.25, -0.2) is 4.98 Å². The maximum absolute atomic E-state index is 6.16. The van der Waals surface area contributed by atoms with Gasteiger partial charge in [0.05, 0.1) is 5.69 Å². The molecule has 0 amide bonds. The molecule has 0 aliphatic carbocycles. The normalized spacial score (nSPS) is 11.7. The second-order valence-electron chi connectivity index (χ2n) is 7.67. The average molecular weight is 390 g/mol. The largest absolute Gasteiger partial charge is 0.456 e. The Balaban J connectivity index is 1.51. The van der Waals surface area contributed by atoms with Crippen LogP contribution < -0.4 is 0 Å². The molecule has 0 saturated heterocycles. The molecule has 0 radical (unpaired) electrons. The molecule has 0 aliphatic rings. The minimum Gasteiger partial charge on any atom is -0.456 e. The predicted octanol–water partition coefficient (Wildman–Crippen LogP) is 7.07. The van der Waals surface area contributed by atoms with Crippen molar-refractivity contribution in [3.63, 3.8) is 0 Å². The molecule has 0 spiro atoms. The third-order valence-electron chi connectivity index (χ3n) is 5.52. The summed E-state index contributed by atoms with van der Waals surface area (Å²) >= 11 is 0. The van der Waals surface area contributed by atoms with Crippen molar-refractivity contribution in [1.82, 2.24) is 9.97 Å². The second-order valence-corrected chi connectivity index (χ2v) is 7.67. The van der Waals surface area contributed by atoms with Crippen molar-refractivity contribution < 1.29 is 8.83 Å². The van der Waals surface area contributed by atoms with Crippen molar-refractivity contribution in [3.8, 4) is 22.6 Å². The van der Waals surface area contributed by atoms with E-state index < -0.39 is 0 Å². The molecule has 144 valence electrons. The zero-order chi connectivity index (χ0) is 20.2. The Bertz CT molecular complexity index is 1560. The smallest absolute Gasteiger partial charge is 0.227 e. The molecule has 4 heteroatoms. The zero-order valence-electron chi connectivity index (χ0n) is 16.6. The fourth-order valence-corrected chi connectivity index (χ4v) is 3.91. The number of furan rings is 2. The van der Waals surface area contributed by atoms with Gasteiger partial charge in [0.2, 0.25) is 5.71 Å². The lowest BCUT2D eigenvalue weighted by Gasteiger charge is -2.01. The van der Waals surface area contributed by atoms with Crippen LogP contribution in [0.15, 0.2) is 81.8 Å². The van der Waals surface area contributed by atoms with E-state index in [1.165, 1.54) is 5.56 Å². The first-order valence-corrected chi connectivity index (χ1v) is 9.91. The van der Waals surface area contributed by atoms with E-state index in [9.17, 15) is 0 Å². The van der Waals surface area contributed by atoms with E-state index in [2.05, 4.69) is 48.3 Å². The number of rotatable bonds is 2. The number of hydrogen-bond acceptors (Lipinski definition) is 4. The van der Waals surface area contributed by atoms with Gasteiger partial charge >= 0.3 is 0 Å². The number of aryl methyl sites for hydroxylation is 2. The highest BCUT2D eigenvalue weighted by atomic mass is 16.3. The average Bonchev–Trinajstić information content (AvgIpc) is 3.34. The lowest BCUT2D eigenvalue weighted by Crippen LogP contribution is -1.83. The van der Waals surface area contributed by atoms with Gasteiger partial charge in [0, 0.05) is 45.2 Å². The molecule has 4 nitrogen and oxygen atoms in total. The molecule has 2 aromatic carbocycles. The zero-order valence-corrected chi connectivity index (χ0v) is 16.6. The van der Waals surface area contributed by atoms with Crippen LogP contribution in [0, 0.1) is 13.8 Å². The maximum atomic E-state index is 6.16. The number of aromatic nitrogens is 2. The quantitative estimate of drug-likeness (QED) is 0.317. The van der Waals surface area contributed by atoms with Crippen LogP contribution in [-0.4, -0.2) is 9.97 Å². The fraction of sp³-hybridized carbons (Fsp3) is 0.0769. The van der Waals surface area contributed by atoms with Gasteiger partial charge in [-0.05, 0) is 38.1 Å². The van der Waals surface area contributed by atoms with Crippen molar-refractivity contribution in [2.75, 3.05) is 0 Å². The van der Waals surface area contributed by atoms with E-state index in [4.69, 9.17) is 13.8 Å². The summed E-state index contributed by atoms with van der Waals surface area (Å²) in [6, 6.07) is 22.5. The molecular weight excluding hydrogens is 372 g/mol. The molecule has 0 saturated carbocycles. The van der Waals surface area contributed by atoms with Gasteiger partial charge in [-0.15, -0.1) is 0 Å². The van der Waals surface area contributed by atoms with Crippen LogP contribution in [0.25, 0.3) is 55.6 Å². The van der Waals surface area contributed by atoms with E-state index in [0.717, 1.165) is 55.6 Å². The van der Waals surface area contributed by atoms with Crippen LogP contribution in [0.5, 0.6) is 0 Å². The van der Waals surface area contributed by atoms with Crippen molar-refractivity contribution >= 4 is 33.0 Å². The summed E-state index contributed by atoms with van der Waals surface area (Å²) in [5.41, 5.74) is 7.20. The number of benzene rings is 2. The Hall–Kier alpha value is -3.92. The van der Waals surface area contributed by atoms with Gasteiger partial charge < -0.3 is 8.83 Å². The molecule has 4 heterocycles. The van der Waals surface area contributed by atoms with Gasteiger partial charge in [-0.3, -0.25) is 4.98 Å². The Morgan fingerprint density at radius 2 is 1.67 bits per heavy atom. The monoisotopic (exact) mass is 390 g/mol. The maximum Gasteiger partial charge on any atom is 0.227 e. The van der Waals surface area contributed by atoms with Gasteiger partial charge in [0.15, 0.2) is 0 Å². The summed E-state index contributed by atoms with van der Waals surface area (Å²) in [6.07, 6.45) is 1.86. The molecule has 6 rings (SSSR count). The van der Waals surface area contributed by atoms with Crippen LogP contribution in [-0.2, 0) is 0 Å². The van der Waals surface area contributed by atoms with Crippen LogP contribution in [0.3, 0.4) is 0 Å². The molecule has 0 fully saturated rings. The SMILES string of the molecule is Cc1ccc(-c2cc3cnc(-c4cccc5c4oc4nc(C)ccc45)cc3o2)cc1. The first-order valence-electron chi connectivity index (χ1n) is 9.91. The number of para-hydroxylation sites is 1. The van der Waals surface area contributed by atoms with Gasteiger partial charge in [-0.2, -0.15) is 0 Å². The number of nitrogens with zero attached hydrogens (tertiary/aromatic N) is 2. The van der Waals surface area contributed by atoms with E-state index >= 15 is 0 Å². The molecular formula is C26H18N2O2. The Morgan fingerprint density at radius 1 is 0.800 bits per heavy atom. The van der Waals surface area contributed by atoms with E-state index in [1.807, 2.05) is 43.5 Å². The standard InChI is InChI=1S/C26H18N2O2/c1-15-6-9-17(10-7-15)23-12-18-14-27-22(13-24(18)29-23)21-5-3-4-19-20-11-8-16(2)28-26(20)30-25(19)21/h3-14H,1-2H3. The molecule has 0 unspecified atom stereocenters. The first-order chi connectivity index (χ1) is 14.7. The predicted molar refractivity (Wildman–Crippen MR) is 119 cm³/mol. The van der Waals surface area contributed by atoms with Crippen LogP contribution >= 0.6 is 0 Å². The first kappa shape index (κ1) is 17.0. The molecule has 0 aliphatic heterocycles. The van der Waals surface area contributed by atoms with Gasteiger partial charge in [-0.1, -0.05) is 42.0 Å². The van der Waals surface area contributed by atoms with Crippen LogP contribution in [0.4, 0.5) is 0 Å². The van der Waals surface area contributed by atoms with Crippen LogP contribution in [0.1, 0.15) is 11.3 Å². The van der Waals surface area contributed by atoms with Crippen molar-refractivity contribution in [2.24, 2.45) is 0 Å². The van der Waals surface area contributed by atoms with E-state index in [-0.39, 0.29) is 0 Å². The third kappa shape index (κ3) is 2.61. The Labute approximate surface area is 172 Å². The van der Waals surface area contributed by atoms with E-state index in [1.54, 1.807) is 0 Å². The third-order valence-corrected chi connectivity index (χ3v) is 5.52. The minimum atomic E-state index is 0.651. The molecule has 4 aromatic heterocycles. The number of pyridine rings is 2. The molecule has 0 bridgehead atoms. The number of hydrogen-bond donors (Lipinski definition) is 0. The summed E-state index contributed by atoms with van der Waals surface area (Å²) in [7, 11) is 0. The minimum absolute atomic E-state index is 0.651. The Kier molecular flexibility index (Phi) is 3.56. The number of fused-ring (bicyclic) bond motifs is 4. The summed E-state index contributed by atoms with van der Waals surface area (Å²) < 4.78 is 12.3. The lowest BCUT2D eigenvalue weighted by atomic mass is 10.1. The molecule has 6 aromatic rings. The van der Waals surface area contributed by atoms with Crippen LogP contribution in [0.2, 0.25) is 0 Å². The Morgan fingerprint density at radius 3 is 2.53 bits per heavy atom. The highest BCUT2D eigenvalue weighted by Gasteiger charge is 2.15. The van der Waals surface area contributed by atoms with Crippen molar-refractivity contribution in [2.45, 2.75) is 13.8 Å². The summed E-state index contributed by atoms with van der Waals surface area (Å²) in [5, 5.41) is 3.03. The molecule has 0 atom stereocenters. The van der Waals surface area contributed by atoms with E-state index in [0.29, 0.717) is 5.71 Å².